The minimum atomic E-state index is -0.403. The third-order valence-electron chi connectivity index (χ3n) is 6.50. The van der Waals surface area contributed by atoms with Crippen molar-refractivity contribution in [1.82, 2.24) is 10.2 Å². The predicted molar refractivity (Wildman–Crippen MR) is 132 cm³/mol. The fraction of sp³-hybridized carbons (Fsp3) is 0.346. The third kappa shape index (κ3) is 5.36. The Bertz CT molecular complexity index is 1370. The lowest BCUT2D eigenvalue weighted by Crippen LogP contribution is -2.42. The molecule has 5 rings (SSSR count). The average Bonchev–Trinajstić information content (AvgIpc) is 3.34. The summed E-state index contributed by atoms with van der Waals surface area (Å²) in [4.78, 5) is 24.5. The molecule has 1 fully saturated rings. The molecule has 2 aromatic carbocycles. The van der Waals surface area contributed by atoms with Gasteiger partial charge in [-0.15, -0.1) is 0 Å². The lowest BCUT2D eigenvalue weighted by atomic mass is 10.0. The van der Waals surface area contributed by atoms with Gasteiger partial charge in [0.25, 0.3) is 5.69 Å². The summed E-state index contributed by atoms with van der Waals surface area (Å²) in [5.41, 5.74) is 1.85. The summed E-state index contributed by atoms with van der Waals surface area (Å²) >= 11 is 0. The number of non-ortho nitro benzene ring substituents is 1. The second-order valence-electron chi connectivity index (χ2n) is 8.83. The van der Waals surface area contributed by atoms with E-state index in [0.29, 0.717) is 36.1 Å². The van der Waals surface area contributed by atoms with Crippen molar-refractivity contribution in [2.75, 3.05) is 26.2 Å². The molecule has 0 spiro atoms. The summed E-state index contributed by atoms with van der Waals surface area (Å²) in [5, 5.41) is 16.0. The van der Waals surface area contributed by atoms with Crippen molar-refractivity contribution >= 4 is 27.6 Å². The largest absolute Gasteiger partial charge is 0.492 e. The van der Waals surface area contributed by atoms with Gasteiger partial charge in [0, 0.05) is 43.4 Å². The molecule has 0 bridgehead atoms. The van der Waals surface area contributed by atoms with Crippen molar-refractivity contribution in [1.29, 1.82) is 0 Å². The molecule has 4 aromatic rings. The van der Waals surface area contributed by atoms with E-state index in [1.807, 2.05) is 6.07 Å². The topological polar surface area (TPSA) is 111 Å². The van der Waals surface area contributed by atoms with Gasteiger partial charge in [-0.25, -0.2) is 4.79 Å². The van der Waals surface area contributed by atoms with E-state index in [1.165, 1.54) is 6.07 Å². The molecule has 182 valence electrons. The SMILES string of the molecule is O=c1ccc2c(OCCCN3CCC(NCc4ccc([N+](=O)[O-])cc4)CC3)c3ccoc3cc2o1. The van der Waals surface area contributed by atoms with Crippen molar-refractivity contribution in [2.45, 2.75) is 31.8 Å². The highest BCUT2D eigenvalue weighted by Crippen LogP contribution is 2.35. The van der Waals surface area contributed by atoms with Gasteiger partial charge in [0.15, 0.2) is 0 Å². The van der Waals surface area contributed by atoms with Crippen molar-refractivity contribution in [3.63, 3.8) is 0 Å². The molecular weight excluding hydrogens is 450 g/mol. The maximum atomic E-state index is 11.6. The number of fused-ring (bicyclic) bond motifs is 2. The normalized spacial score (nSPS) is 15.1. The molecule has 3 heterocycles. The second kappa shape index (κ2) is 10.3. The van der Waals surface area contributed by atoms with Gasteiger partial charge < -0.3 is 23.8 Å². The van der Waals surface area contributed by atoms with Crippen LogP contribution in [0.4, 0.5) is 5.69 Å². The summed E-state index contributed by atoms with van der Waals surface area (Å²) < 4.78 is 17.0. The van der Waals surface area contributed by atoms with E-state index >= 15 is 0 Å². The van der Waals surface area contributed by atoms with Crippen LogP contribution in [0, 0.1) is 10.1 Å². The van der Waals surface area contributed by atoms with Gasteiger partial charge in [-0.2, -0.15) is 0 Å². The van der Waals surface area contributed by atoms with E-state index < -0.39 is 5.63 Å². The van der Waals surface area contributed by atoms with E-state index in [0.717, 1.165) is 55.2 Å². The Labute approximate surface area is 201 Å². The van der Waals surface area contributed by atoms with Gasteiger partial charge in [0.2, 0.25) is 0 Å². The number of rotatable bonds is 9. The Balaban J connectivity index is 1.08. The van der Waals surface area contributed by atoms with Gasteiger partial charge in [-0.3, -0.25) is 10.1 Å². The molecule has 0 radical (unpaired) electrons. The highest BCUT2D eigenvalue weighted by molar-refractivity contribution is 6.01. The number of likely N-dealkylation sites (tertiary alicyclic amines) is 1. The van der Waals surface area contributed by atoms with Crippen LogP contribution in [0.2, 0.25) is 0 Å². The third-order valence-corrected chi connectivity index (χ3v) is 6.50. The molecule has 2 aromatic heterocycles. The maximum Gasteiger partial charge on any atom is 0.336 e. The smallest absolute Gasteiger partial charge is 0.336 e. The number of piperidine rings is 1. The predicted octanol–water partition coefficient (Wildman–Crippen LogP) is 4.47. The molecule has 0 aliphatic carbocycles. The molecule has 0 amide bonds. The van der Waals surface area contributed by atoms with Crippen LogP contribution >= 0.6 is 0 Å². The lowest BCUT2D eigenvalue weighted by molar-refractivity contribution is -0.384. The number of nitro benzene ring substituents is 1. The first-order chi connectivity index (χ1) is 17.1. The monoisotopic (exact) mass is 477 g/mol. The highest BCUT2D eigenvalue weighted by Gasteiger charge is 2.19. The van der Waals surface area contributed by atoms with Crippen LogP contribution in [-0.4, -0.2) is 42.1 Å². The van der Waals surface area contributed by atoms with Crippen LogP contribution in [0.1, 0.15) is 24.8 Å². The van der Waals surface area contributed by atoms with Gasteiger partial charge in [-0.05, 0) is 50.0 Å². The van der Waals surface area contributed by atoms with Crippen molar-refractivity contribution in [3.05, 3.63) is 80.9 Å². The van der Waals surface area contributed by atoms with Crippen LogP contribution < -0.4 is 15.7 Å². The molecular formula is C26H27N3O6. The maximum absolute atomic E-state index is 11.6. The first-order valence-corrected chi connectivity index (χ1v) is 11.8. The Morgan fingerprint density at radius 1 is 1.06 bits per heavy atom. The van der Waals surface area contributed by atoms with Crippen molar-refractivity contribution < 1.29 is 18.5 Å². The minimum Gasteiger partial charge on any atom is -0.492 e. The molecule has 35 heavy (non-hydrogen) atoms. The summed E-state index contributed by atoms with van der Waals surface area (Å²) in [6, 6.07) is 13.9. The molecule has 1 saturated heterocycles. The van der Waals surface area contributed by atoms with Gasteiger partial charge in [0.1, 0.15) is 16.9 Å². The van der Waals surface area contributed by atoms with Gasteiger partial charge in [-0.1, -0.05) is 12.1 Å². The van der Waals surface area contributed by atoms with Crippen LogP contribution in [-0.2, 0) is 6.54 Å². The summed E-state index contributed by atoms with van der Waals surface area (Å²) in [5.74, 6) is 0.684. The molecule has 1 N–H and O–H groups in total. The summed E-state index contributed by atoms with van der Waals surface area (Å²) in [6.45, 7) is 4.25. The minimum absolute atomic E-state index is 0.118. The second-order valence-corrected chi connectivity index (χ2v) is 8.83. The molecule has 0 atom stereocenters. The zero-order chi connectivity index (χ0) is 24.2. The van der Waals surface area contributed by atoms with Crippen molar-refractivity contribution in [2.24, 2.45) is 0 Å². The lowest BCUT2D eigenvalue weighted by Gasteiger charge is -2.32. The molecule has 1 aliphatic heterocycles. The standard InChI is InChI=1S/C26H27N3O6/c30-25-7-6-21-24(35-25)16-23-22(10-15-33-23)26(21)34-14-1-11-28-12-8-19(9-13-28)27-17-18-2-4-20(5-3-18)29(31)32/h2-7,10,15-16,19,27H,1,8-9,11-14,17H2. The summed E-state index contributed by atoms with van der Waals surface area (Å²) in [7, 11) is 0. The Morgan fingerprint density at radius 2 is 1.83 bits per heavy atom. The highest BCUT2D eigenvalue weighted by atomic mass is 16.6. The van der Waals surface area contributed by atoms with E-state index in [-0.39, 0.29) is 10.6 Å². The number of furan rings is 1. The fourth-order valence-electron chi connectivity index (χ4n) is 4.59. The Hall–Kier alpha value is -3.69. The van der Waals surface area contributed by atoms with Crippen molar-refractivity contribution in [3.8, 4) is 5.75 Å². The van der Waals surface area contributed by atoms with Gasteiger partial charge in [0.05, 0.1) is 28.6 Å². The summed E-state index contributed by atoms with van der Waals surface area (Å²) in [6.07, 6.45) is 4.61. The zero-order valence-corrected chi connectivity index (χ0v) is 19.3. The zero-order valence-electron chi connectivity index (χ0n) is 19.3. The molecule has 9 nitrogen and oxygen atoms in total. The Morgan fingerprint density at radius 3 is 2.60 bits per heavy atom. The quantitative estimate of drug-likeness (QED) is 0.163. The van der Waals surface area contributed by atoms with Crippen LogP contribution in [0.25, 0.3) is 21.9 Å². The van der Waals surface area contributed by atoms with Gasteiger partial charge >= 0.3 is 5.63 Å². The van der Waals surface area contributed by atoms with E-state index in [9.17, 15) is 14.9 Å². The van der Waals surface area contributed by atoms with E-state index in [2.05, 4.69) is 10.2 Å². The molecule has 1 aliphatic rings. The Kier molecular flexibility index (Phi) is 6.78. The number of benzene rings is 2. The van der Waals surface area contributed by atoms with E-state index in [1.54, 1.807) is 42.7 Å². The number of nitrogens with zero attached hydrogens (tertiary/aromatic N) is 2. The number of nitro groups is 1. The van der Waals surface area contributed by atoms with Crippen LogP contribution in [0.5, 0.6) is 5.75 Å². The molecule has 9 heteroatoms. The fourth-order valence-corrected chi connectivity index (χ4v) is 4.59. The molecule has 0 saturated carbocycles. The number of hydrogen-bond donors (Lipinski definition) is 1. The number of nitrogens with one attached hydrogen (secondary N) is 1. The first kappa shape index (κ1) is 23.1. The number of hydrogen-bond acceptors (Lipinski definition) is 8. The number of ether oxygens (including phenoxy) is 1. The first-order valence-electron chi connectivity index (χ1n) is 11.8. The van der Waals surface area contributed by atoms with Crippen LogP contribution in [0.3, 0.4) is 0 Å². The average molecular weight is 478 g/mol. The molecule has 0 unspecified atom stereocenters. The van der Waals surface area contributed by atoms with Crippen LogP contribution in [0.15, 0.2) is 68.4 Å². The van der Waals surface area contributed by atoms with E-state index in [4.69, 9.17) is 13.6 Å².